The summed E-state index contributed by atoms with van der Waals surface area (Å²) < 4.78 is 13.2. The summed E-state index contributed by atoms with van der Waals surface area (Å²) in [6.45, 7) is 6.48. The van der Waals surface area contributed by atoms with E-state index in [1.165, 1.54) is 0 Å². The zero-order valence-corrected chi connectivity index (χ0v) is 13.2. The quantitative estimate of drug-likeness (QED) is 0.924. The lowest BCUT2D eigenvalue weighted by molar-refractivity contribution is 0.304. The van der Waals surface area contributed by atoms with Crippen LogP contribution in [0.25, 0.3) is 0 Å². The molecule has 17 heavy (non-hydrogen) atoms. The molecule has 1 N–H and O–H groups in total. The monoisotopic (exact) mass is 317 g/mol. The number of benzene rings is 1. The van der Waals surface area contributed by atoms with Crippen LogP contribution in [0.4, 0.5) is 0 Å². The highest BCUT2D eigenvalue weighted by molar-refractivity contribution is 9.10. The van der Waals surface area contributed by atoms with Crippen molar-refractivity contribution in [1.82, 2.24) is 5.32 Å². The fourth-order valence-corrected chi connectivity index (χ4v) is 3.82. The summed E-state index contributed by atoms with van der Waals surface area (Å²) in [5.41, 5.74) is 0.108. The largest absolute Gasteiger partial charge is 0.316 e. The van der Waals surface area contributed by atoms with E-state index in [1.54, 1.807) is 0 Å². The second-order valence-corrected chi connectivity index (χ2v) is 7.59. The van der Waals surface area contributed by atoms with Gasteiger partial charge in [-0.1, -0.05) is 42.8 Å². The number of halogens is 1. The lowest BCUT2D eigenvalue weighted by atomic mass is 9.88. The molecule has 0 heterocycles. The lowest BCUT2D eigenvalue weighted by Crippen LogP contribution is -2.42. The molecule has 1 aromatic rings. The molecule has 2 unspecified atom stereocenters. The predicted octanol–water partition coefficient (Wildman–Crippen LogP) is 3.19. The van der Waals surface area contributed by atoms with Crippen LogP contribution in [0.3, 0.4) is 0 Å². The molecule has 0 spiro atoms. The summed E-state index contributed by atoms with van der Waals surface area (Å²) in [5, 5.41) is 3.25. The standard InChI is InChI=1S/C13H20BrNOS/c1-13(2,3)12(15-4)9-17(16)11-7-5-6-10(14)8-11/h5-8,12,15H,9H2,1-4H3. The molecule has 1 rings (SSSR count). The van der Waals surface area contributed by atoms with Crippen molar-refractivity contribution in [1.29, 1.82) is 0 Å². The van der Waals surface area contributed by atoms with Crippen molar-refractivity contribution in [2.75, 3.05) is 12.8 Å². The average molecular weight is 318 g/mol. The molecule has 0 aromatic heterocycles. The topological polar surface area (TPSA) is 29.1 Å². The normalized spacial score (nSPS) is 15.6. The van der Waals surface area contributed by atoms with Crippen LogP contribution in [0.15, 0.2) is 33.6 Å². The van der Waals surface area contributed by atoms with Gasteiger partial charge in [0.05, 0.1) is 10.8 Å². The van der Waals surface area contributed by atoms with Crippen molar-refractivity contribution in [2.45, 2.75) is 31.7 Å². The van der Waals surface area contributed by atoms with E-state index in [9.17, 15) is 4.21 Å². The van der Waals surface area contributed by atoms with E-state index in [4.69, 9.17) is 0 Å². The van der Waals surface area contributed by atoms with Gasteiger partial charge in [-0.05, 0) is 30.7 Å². The molecule has 1 aromatic carbocycles. The highest BCUT2D eigenvalue weighted by Crippen LogP contribution is 2.22. The Kier molecular flexibility index (Phi) is 5.35. The van der Waals surface area contributed by atoms with Gasteiger partial charge >= 0.3 is 0 Å². The molecule has 0 aliphatic rings. The average Bonchev–Trinajstić information content (AvgIpc) is 2.23. The van der Waals surface area contributed by atoms with Gasteiger partial charge in [0, 0.05) is 21.2 Å². The predicted molar refractivity (Wildman–Crippen MR) is 77.7 cm³/mol. The zero-order chi connectivity index (χ0) is 13.1. The molecular weight excluding hydrogens is 298 g/mol. The van der Waals surface area contributed by atoms with E-state index in [0.717, 1.165) is 9.37 Å². The van der Waals surface area contributed by atoms with Crippen molar-refractivity contribution >= 4 is 26.7 Å². The van der Waals surface area contributed by atoms with Crippen LogP contribution < -0.4 is 5.32 Å². The molecule has 0 amide bonds. The number of rotatable bonds is 4. The Balaban J connectivity index is 2.78. The molecule has 0 bridgehead atoms. The van der Waals surface area contributed by atoms with E-state index >= 15 is 0 Å². The van der Waals surface area contributed by atoms with Crippen LogP contribution in [0.5, 0.6) is 0 Å². The first-order valence-corrected chi connectivity index (χ1v) is 7.77. The minimum atomic E-state index is -0.963. The summed E-state index contributed by atoms with van der Waals surface area (Å²) >= 11 is 3.40. The maximum absolute atomic E-state index is 12.3. The van der Waals surface area contributed by atoms with Gasteiger partial charge in [-0.15, -0.1) is 0 Å². The molecular formula is C13H20BrNOS. The highest BCUT2D eigenvalue weighted by atomic mass is 79.9. The van der Waals surface area contributed by atoms with Crippen molar-refractivity contribution in [3.63, 3.8) is 0 Å². The van der Waals surface area contributed by atoms with Crippen LogP contribution in [-0.4, -0.2) is 23.1 Å². The first-order chi connectivity index (χ1) is 7.84. The van der Waals surface area contributed by atoms with Gasteiger partial charge < -0.3 is 5.32 Å². The zero-order valence-electron chi connectivity index (χ0n) is 10.8. The van der Waals surface area contributed by atoms with Gasteiger partial charge in [-0.2, -0.15) is 0 Å². The van der Waals surface area contributed by atoms with Crippen molar-refractivity contribution in [3.8, 4) is 0 Å². The smallest absolute Gasteiger partial charge is 0.0545 e. The minimum absolute atomic E-state index is 0.108. The number of hydrogen-bond donors (Lipinski definition) is 1. The number of nitrogens with one attached hydrogen (secondary N) is 1. The fourth-order valence-electron chi connectivity index (χ4n) is 1.62. The SMILES string of the molecule is CNC(CS(=O)c1cccc(Br)c1)C(C)(C)C. The molecule has 96 valence electrons. The summed E-state index contributed by atoms with van der Waals surface area (Å²) in [5.74, 6) is 0.635. The van der Waals surface area contributed by atoms with Crippen molar-refractivity contribution < 1.29 is 4.21 Å². The second-order valence-electron chi connectivity index (χ2n) is 5.18. The van der Waals surface area contributed by atoms with Gasteiger partial charge in [-0.25, -0.2) is 0 Å². The summed E-state index contributed by atoms with van der Waals surface area (Å²) in [7, 11) is 0.962. The van der Waals surface area contributed by atoms with Gasteiger partial charge in [0.1, 0.15) is 0 Å². The van der Waals surface area contributed by atoms with Gasteiger partial charge in [0.2, 0.25) is 0 Å². The van der Waals surface area contributed by atoms with Crippen molar-refractivity contribution in [3.05, 3.63) is 28.7 Å². The first-order valence-electron chi connectivity index (χ1n) is 5.66. The second kappa shape index (κ2) is 6.12. The van der Waals surface area contributed by atoms with Crippen LogP contribution in [0.2, 0.25) is 0 Å². The van der Waals surface area contributed by atoms with E-state index < -0.39 is 10.8 Å². The Hall–Kier alpha value is -0.190. The van der Waals surface area contributed by atoms with E-state index in [1.807, 2.05) is 31.3 Å². The maximum Gasteiger partial charge on any atom is 0.0545 e. The Bertz CT molecular complexity index is 401. The van der Waals surface area contributed by atoms with Gasteiger partial charge in [0.15, 0.2) is 0 Å². The van der Waals surface area contributed by atoms with Crippen LogP contribution in [-0.2, 0) is 10.8 Å². The molecule has 0 radical (unpaired) electrons. The Morgan fingerprint density at radius 3 is 2.53 bits per heavy atom. The molecule has 4 heteroatoms. The van der Waals surface area contributed by atoms with E-state index in [-0.39, 0.29) is 11.5 Å². The third-order valence-electron chi connectivity index (χ3n) is 2.77. The third kappa shape index (κ3) is 4.53. The molecule has 0 saturated heterocycles. The maximum atomic E-state index is 12.3. The summed E-state index contributed by atoms with van der Waals surface area (Å²) in [4.78, 5) is 0.879. The Labute approximate surface area is 115 Å². The molecule has 0 aliphatic carbocycles. The van der Waals surface area contributed by atoms with E-state index in [0.29, 0.717) is 5.75 Å². The van der Waals surface area contributed by atoms with Crippen LogP contribution in [0.1, 0.15) is 20.8 Å². The van der Waals surface area contributed by atoms with Gasteiger partial charge in [-0.3, -0.25) is 4.21 Å². The Morgan fingerprint density at radius 2 is 2.06 bits per heavy atom. The Morgan fingerprint density at radius 1 is 1.41 bits per heavy atom. The number of hydrogen-bond acceptors (Lipinski definition) is 2. The summed E-state index contributed by atoms with van der Waals surface area (Å²) in [6, 6.07) is 7.94. The molecule has 0 aliphatic heterocycles. The first kappa shape index (κ1) is 14.9. The fraction of sp³-hybridized carbons (Fsp3) is 0.538. The lowest BCUT2D eigenvalue weighted by Gasteiger charge is -2.30. The van der Waals surface area contributed by atoms with Crippen LogP contribution >= 0.6 is 15.9 Å². The summed E-state index contributed by atoms with van der Waals surface area (Å²) in [6.07, 6.45) is 0. The van der Waals surface area contributed by atoms with Crippen LogP contribution in [0, 0.1) is 5.41 Å². The van der Waals surface area contributed by atoms with Crippen molar-refractivity contribution in [2.24, 2.45) is 5.41 Å². The van der Waals surface area contributed by atoms with E-state index in [2.05, 4.69) is 42.0 Å². The molecule has 0 saturated carbocycles. The highest BCUT2D eigenvalue weighted by Gasteiger charge is 2.25. The minimum Gasteiger partial charge on any atom is -0.316 e. The third-order valence-corrected chi connectivity index (χ3v) is 4.68. The van der Waals surface area contributed by atoms with Gasteiger partial charge in [0.25, 0.3) is 0 Å². The molecule has 0 fully saturated rings. The molecule has 2 nitrogen and oxygen atoms in total. The molecule has 2 atom stereocenters.